The van der Waals surface area contributed by atoms with Gasteiger partial charge in [0.2, 0.25) is 0 Å². The van der Waals surface area contributed by atoms with Crippen molar-refractivity contribution >= 4 is 5.97 Å². The first-order chi connectivity index (χ1) is 9.78. The number of ether oxygens (including phenoxy) is 1. The summed E-state index contributed by atoms with van der Waals surface area (Å²) in [6.45, 7) is 1.63. The number of alkyl halides is 3. The average Bonchev–Trinajstić information content (AvgIpc) is 2.36. The molecule has 0 atom stereocenters. The van der Waals surface area contributed by atoms with Crippen molar-refractivity contribution in [2.24, 2.45) is 0 Å². The SMILES string of the molecule is Cc1cccc(-c2cccc(OC(F)(F)F)c2)c1C(=O)O. The van der Waals surface area contributed by atoms with Gasteiger partial charge in [0.25, 0.3) is 0 Å². The third kappa shape index (κ3) is 3.53. The van der Waals surface area contributed by atoms with E-state index in [4.69, 9.17) is 0 Å². The molecule has 0 amide bonds. The monoisotopic (exact) mass is 296 g/mol. The second-order valence-electron chi connectivity index (χ2n) is 4.38. The molecule has 0 aliphatic rings. The minimum atomic E-state index is -4.79. The van der Waals surface area contributed by atoms with Crippen molar-refractivity contribution in [2.45, 2.75) is 13.3 Å². The maximum Gasteiger partial charge on any atom is 0.573 e. The van der Waals surface area contributed by atoms with Gasteiger partial charge in [-0.05, 0) is 35.7 Å². The third-order valence-corrected chi connectivity index (χ3v) is 2.87. The number of hydrogen-bond acceptors (Lipinski definition) is 2. The van der Waals surface area contributed by atoms with Crippen LogP contribution in [0, 0.1) is 6.92 Å². The Morgan fingerprint density at radius 2 is 1.81 bits per heavy atom. The van der Waals surface area contributed by atoms with Crippen molar-refractivity contribution in [3.63, 3.8) is 0 Å². The first-order valence-electron chi connectivity index (χ1n) is 5.97. The van der Waals surface area contributed by atoms with Gasteiger partial charge in [-0.15, -0.1) is 13.2 Å². The van der Waals surface area contributed by atoms with E-state index in [2.05, 4.69) is 4.74 Å². The van der Waals surface area contributed by atoms with E-state index in [0.717, 1.165) is 12.1 Å². The summed E-state index contributed by atoms with van der Waals surface area (Å²) >= 11 is 0. The molecule has 0 bridgehead atoms. The molecule has 2 aromatic carbocycles. The smallest absolute Gasteiger partial charge is 0.478 e. The molecule has 0 aliphatic heterocycles. The molecule has 2 aromatic rings. The van der Waals surface area contributed by atoms with E-state index in [1.165, 1.54) is 12.1 Å². The van der Waals surface area contributed by atoms with Crippen LogP contribution in [0.5, 0.6) is 5.75 Å². The summed E-state index contributed by atoms with van der Waals surface area (Å²) < 4.78 is 40.5. The zero-order valence-electron chi connectivity index (χ0n) is 10.9. The molecule has 0 aromatic heterocycles. The Bertz CT molecular complexity index is 678. The van der Waals surface area contributed by atoms with Crippen LogP contribution in [0.4, 0.5) is 13.2 Å². The van der Waals surface area contributed by atoms with E-state index in [1.54, 1.807) is 25.1 Å². The van der Waals surface area contributed by atoms with Gasteiger partial charge in [-0.3, -0.25) is 0 Å². The van der Waals surface area contributed by atoms with Gasteiger partial charge < -0.3 is 9.84 Å². The lowest BCUT2D eigenvalue weighted by molar-refractivity contribution is -0.274. The number of rotatable bonds is 3. The third-order valence-electron chi connectivity index (χ3n) is 2.87. The molecule has 0 fully saturated rings. The predicted octanol–water partition coefficient (Wildman–Crippen LogP) is 4.26. The van der Waals surface area contributed by atoms with Gasteiger partial charge in [-0.1, -0.05) is 30.3 Å². The summed E-state index contributed by atoms with van der Waals surface area (Å²) in [7, 11) is 0. The van der Waals surface area contributed by atoms with Gasteiger partial charge in [0, 0.05) is 0 Å². The van der Waals surface area contributed by atoms with E-state index in [-0.39, 0.29) is 5.56 Å². The summed E-state index contributed by atoms with van der Waals surface area (Å²) in [6.07, 6.45) is -4.79. The highest BCUT2D eigenvalue weighted by molar-refractivity contribution is 5.97. The van der Waals surface area contributed by atoms with Crippen molar-refractivity contribution in [3.05, 3.63) is 53.6 Å². The number of benzene rings is 2. The summed E-state index contributed by atoms with van der Waals surface area (Å²) in [4.78, 5) is 11.3. The van der Waals surface area contributed by atoms with Crippen LogP contribution >= 0.6 is 0 Å². The van der Waals surface area contributed by atoms with E-state index in [9.17, 15) is 23.1 Å². The number of aryl methyl sites for hydroxylation is 1. The Morgan fingerprint density at radius 3 is 2.43 bits per heavy atom. The normalized spacial score (nSPS) is 11.2. The van der Waals surface area contributed by atoms with E-state index >= 15 is 0 Å². The molecule has 110 valence electrons. The van der Waals surface area contributed by atoms with Crippen LogP contribution in [0.15, 0.2) is 42.5 Å². The fourth-order valence-electron chi connectivity index (χ4n) is 2.05. The second-order valence-corrected chi connectivity index (χ2v) is 4.38. The molecule has 0 spiro atoms. The molecule has 0 radical (unpaired) electrons. The molecule has 0 unspecified atom stereocenters. The van der Waals surface area contributed by atoms with Crippen molar-refractivity contribution in [3.8, 4) is 16.9 Å². The van der Waals surface area contributed by atoms with Crippen molar-refractivity contribution < 1.29 is 27.8 Å². The van der Waals surface area contributed by atoms with Crippen LogP contribution in [0.1, 0.15) is 15.9 Å². The Kier molecular flexibility index (Phi) is 3.88. The maximum absolute atomic E-state index is 12.2. The zero-order valence-corrected chi connectivity index (χ0v) is 10.9. The van der Waals surface area contributed by atoms with Crippen LogP contribution in [-0.2, 0) is 0 Å². The summed E-state index contributed by atoms with van der Waals surface area (Å²) in [5.41, 5.74) is 1.27. The molecular weight excluding hydrogens is 285 g/mol. The first kappa shape index (κ1) is 14.9. The largest absolute Gasteiger partial charge is 0.573 e. The number of aromatic carboxylic acids is 1. The van der Waals surface area contributed by atoms with Gasteiger partial charge in [-0.2, -0.15) is 0 Å². The summed E-state index contributed by atoms with van der Waals surface area (Å²) in [5, 5.41) is 9.25. The zero-order chi connectivity index (χ0) is 15.6. The molecular formula is C15H11F3O3. The van der Waals surface area contributed by atoms with Crippen molar-refractivity contribution in [2.75, 3.05) is 0 Å². The van der Waals surface area contributed by atoms with Crippen LogP contribution in [0.25, 0.3) is 11.1 Å². The Balaban J connectivity index is 2.51. The number of carboxylic acids is 1. The standard InChI is InChI=1S/C15H11F3O3/c1-9-4-2-7-12(13(9)14(19)20)10-5-3-6-11(8-10)21-15(16,17)18/h2-8H,1H3,(H,19,20). The molecule has 2 rings (SSSR count). The number of halogens is 3. The fourth-order valence-corrected chi connectivity index (χ4v) is 2.05. The van der Waals surface area contributed by atoms with Gasteiger partial charge in [0.1, 0.15) is 5.75 Å². The highest BCUT2D eigenvalue weighted by atomic mass is 19.4. The van der Waals surface area contributed by atoms with Gasteiger partial charge in [0.15, 0.2) is 0 Å². The van der Waals surface area contributed by atoms with Gasteiger partial charge >= 0.3 is 12.3 Å². The minimum absolute atomic E-state index is 0.0571. The molecule has 6 heteroatoms. The Hall–Kier alpha value is -2.50. The molecule has 0 saturated carbocycles. The number of carbonyl (C=O) groups is 1. The summed E-state index contributed by atoms with van der Waals surface area (Å²) in [6, 6.07) is 10.1. The first-order valence-corrected chi connectivity index (χ1v) is 5.97. The van der Waals surface area contributed by atoms with Gasteiger partial charge in [0.05, 0.1) is 5.56 Å². The predicted molar refractivity (Wildman–Crippen MR) is 70.3 cm³/mol. The van der Waals surface area contributed by atoms with Crippen LogP contribution < -0.4 is 4.74 Å². The molecule has 0 saturated heterocycles. The van der Waals surface area contributed by atoms with E-state index in [0.29, 0.717) is 16.7 Å². The molecule has 21 heavy (non-hydrogen) atoms. The quantitative estimate of drug-likeness (QED) is 0.920. The lowest BCUT2D eigenvalue weighted by Crippen LogP contribution is -2.17. The van der Waals surface area contributed by atoms with Gasteiger partial charge in [-0.25, -0.2) is 4.79 Å². The Morgan fingerprint density at radius 1 is 1.14 bits per heavy atom. The molecule has 0 heterocycles. The number of hydrogen-bond donors (Lipinski definition) is 1. The summed E-state index contributed by atoms with van der Waals surface area (Å²) in [5.74, 6) is -1.52. The fraction of sp³-hybridized carbons (Fsp3) is 0.133. The van der Waals surface area contributed by atoms with Crippen LogP contribution in [0.2, 0.25) is 0 Å². The van der Waals surface area contributed by atoms with Crippen molar-refractivity contribution in [1.82, 2.24) is 0 Å². The second kappa shape index (κ2) is 5.47. The lowest BCUT2D eigenvalue weighted by atomic mass is 9.96. The minimum Gasteiger partial charge on any atom is -0.478 e. The van der Waals surface area contributed by atoms with E-state index < -0.39 is 18.1 Å². The lowest BCUT2D eigenvalue weighted by Gasteiger charge is -2.12. The molecule has 1 N–H and O–H groups in total. The molecule has 3 nitrogen and oxygen atoms in total. The van der Waals surface area contributed by atoms with Crippen LogP contribution in [0.3, 0.4) is 0 Å². The topological polar surface area (TPSA) is 46.5 Å². The highest BCUT2D eigenvalue weighted by Crippen LogP contribution is 2.31. The van der Waals surface area contributed by atoms with Crippen LogP contribution in [-0.4, -0.2) is 17.4 Å². The van der Waals surface area contributed by atoms with E-state index in [1.807, 2.05) is 0 Å². The average molecular weight is 296 g/mol. The maximum atomic E-state index is 12.2. The highest BCUT2D eigenvalue weighted by Gasteiger charge is 2.31. The Labute approximate surface area is 118 Å². The number of carboxylic acid groups (broad SMARTS) is 1. The molecule has 0 aliphatic carbocycles. The van der Waals surface area contributed by atoms with Crippen molar-refractivity contribution in [1.29, 1.82) is 0 Å².